The molecule has 1 fully saturated rings. The Morgan fingerprint density at radius 3 is 2.82 bits per heavy atom. The number of hydrogen-bond donors (Lipinski definition) is 0. The van der Waals surface area contributed by atoms with Crippen molar-refractivity contribution in [2.75, 3.05) is 7.11 Å². The van der Waals surface area contributed by atoms with Crippen molar-refractivity contribution in [1.82, 2.24) is 14.4 Å². The molecule has 3 heterocycles. The van der Waals surface area contributed by atoms with Crippen LogP contribution in [0.25, 0.3) is 17.0 Å². The van der Waals surface area contributed by atoms with Gasteiger partial charge < -0.3 is 4.74 Å². The van der Waals surface area contributed by atoms with Gasteiger partial charge in [-0.05, 0) is 46.3 Å². The minimum absolute atomic E-state index is 0.228. The first-order valence-corrected chi connectivity index (χ1v) is 8.08. The maximum atomic E-state index is 5.58. The van der Waals surface area contributed by atoms with E-state index in [1.165, 1.54) is 18.4 Å². The number of hydrogen-bond acceptors (Lipinski definition) is 3. The van der Waals surface area contributed by atoms with Gasteiger partial charge in [0, 0.05) is 17.8 Å². The van der Waals surface area contributed by atoms with Crippen LogP contribution < -0.4 is 4.74 Å². The molecule has 0 amide bonds. The Morgan fingerprint density at radius 2 is 2.14 bits per heavy atom. The molecule has 0 aliphatic heterocycles. The summed E-state index contributed by atoms with van der Waals surface area (Å²) < 4.78 is 8.51. The van der Waals surface area contributed by atoms with E-state index in [0.717, 1.165) is 27.4 Å². The first-order chi connectivity index (χ1) is 10.6. The van der Waals surface area contributed by atoms with Gasteiger partial charge in [-0.3, -0.25) is 4.40 Å². The predicted molar refractivity (Wildman–Crippen MR) is 89.3 cm³/mol. The van der Waals surface area contributed by atoms with Gasteiger partial charge in [0.15, 0.2) is 0 Å². The summed E-state index contributed by atoms with van der Waals surface area (Å²) in [6.45, 7) is 2.28. The van der Waals surface area contributed by atoms with Crippen molar-refractivity contribution < 1.29 is 4.74 Å². The van der Waals surface area contributed by atoms with Gasteiger partial charge in [0.2, 0.25) is 0 Å². The molecule has 112 valence electrons. The molecule has 5 heteroatoms. The number of fused-ring (bicyclic) bond motifs is 1. The molecule has 1 aliphatic rings. The predicted octanol–water partition coefficient (Wildman–Crippen LogP) is 4.22. The van der Waals surface area contributed by atoms with Crippen molar-refractivity contribution >= 4 is 21.6 Å². The fourth-order valence-electron chi connectivity index (χ4n) is 2.82. The topological polar surface area (TPSA) is 39.4 Å². The summed E-state index contributed by atoms with van der Waals surface area (Å²) in [6, 6.07) is 7.92. The minimum Gasteiger partial charge on any atom is -0.496 e. The van der Waals surface area contributed by atoms with E-state index in [0.29, 0.717) is 0 Å². The van der Waals surface area contributed by atoms with Gasteiger partial charge in [-0.2, -0.15) is 0 Å². The Morgan fingerprint density at radius 1 is 1.32 bits per heavy atom. The monoisotopic (exact) mass is 357 g/mol. The smallest absolute Gasteiger partial charge is 0.140 e. The Labute approximate surface area is 137 Å². The van der Waals surface area contributed by atoms with Crippen molar-refractivity contribution in [1.29, 1.82) is 0 Å². The van der Waals surface area contributed by atoms with E-state index in [9.17, 15) is 0 Å². The van der Waals surface area contributed by atoms with Gasteiger partial charge in [-0.1, -0.05) is 13.0 Å². The maximum Gasteiger partial charge on any atom is 0.140 e. The summed E-state index contributed by atoms with van der Waals surface area (Å²) in [5.41, 5.74) is 4.24. The highest BCUT2D eigenvalue weighted by Crippen LogP contribution is 2.51. The molecule has 0 unspecified atom stereocenters. The largest absolute Gasteiger partial charge is 0.496 e. The standard InChI is InChI=1S/C17H16BrN3O/c1-17(6-7-17)11-10-21-13(12-4-3-5-15(18)20-12)9-19-16(21)8-14(11)22-2/h3-5,8-10H,6-7H2,1-2H3. The molecule has 4 rings (SSSR count). The lowest BCUT2D eigenvalue weighted by molar-refractivity contribution is 0.405. The number of rotatable bonds is 3. The lowest BCUT2D eigenvalue weighted by atomic mass is 9.99. The molecule has 22 heavy (non-hydrogen) atoms. The van der Waals surface area contributed by atoms with Crippen LogP contribution in [0.1, 0.15) is 25.3 Å². The fraction of sp³-hybridized carbons (Fsp3) is 0.294. The number of halogens is 1. The van der Waals surface area contributed by atoms with Crippen molar-refractivity contribution in [2.45, 2.75) is 25.2 Å². The third kappa shape index (κ3) is 2.11. The average Bonchev–Trinajstić information content (AvgIpc) is 3.13. The molecule has 0 aromatic carbocycles. The average molecular weight is 358 g/mol. The molecular weight excluding hydrogens is 342 g/mol. The van der Waals surface area contributed by atoms with E-state index in [4.69, 9.17) is 4.74 Å². The maximum absolute atomic E-state index is 5.58. The molecular formula is C17H16BrN3O. The number of aromatic nitrogens is 3. The van der Waals surface area contributed by atoms with Crippen LogP contribution in [0.2, 0.25) is 0 Å². The zero-order chi connectivity index (χ0) is 15.3. The molecule has 0 radical (unpaired) electrons. The summed E-state index contributed by atoms with van der Waals surface area (Å²) in [5, 5.41) is 0. The molecule has 4 nitrogen and oxygen atoms in total. The molecule has 3 aromatic heterocycles. The second-order valence-electron chi connectivity index (χ2n) is 6.03. The summed E-state index contributed by atoms with van der Waals surface area (Å²) in [4.78, 5) is 9.04. The summed E-state index contributed by atoms with van der Waals surface area (Å²) in [6.07, 6.45) is 6.43. The van der Waals surface area contributed by atoms with Crippen molar-refractivity contribution in [3.63, 3.8) is 0 Å². The van der Waals surface area contributed by atoms with Crippen LogP contribution in [0.15, 0.2) is 41.3 Å². The van der Waals surface area contributed by atoms with E-state index >= 15 is 0 Å². The Balaban J connectivity index is 1.94. The second-order valence-corrected chi connectivity index (χ2v) is 6.85. The quantitative estimate of drug-likeness (QED) is 0.658. The van der Waals surface area contributed by atoms with Crippen LogP contribution in [0, 0.1) is 0 Å². The first kappa shape index (κ1) is 13.8. The summed E-state index contributed by atoms with van der Waals surface area (Å²) >= 11 is 3.43. The Hall–Kier alpha value is -1.88. The Kier molecular flexibility index (Phi) is 3.01. The lowest BCUT2D eigenvalue weighted by Gasteiger charge is -2.15. The fourth-order valence-corrected chi connectivity index (χ4v) is 3.17. The van der Waals surface area contributed by atoms with Gasteiger partial charge in [0.25, 0.3) is 0 Å². The highest BCUT2D eigenvalue weighted by atomic mass is 79.9. The van der Waals surface area contributed by atoms with Crippen LogP contribution >= 0.6 is 15.9 Å². The lowest BCUT2D eigenvalue weighted by Crippen LogP contribution is -2.06. The van der Waals surface area contributed by atoms with E-state index in [2.05, 4.69) is 43.4 Å². The molecule has 0 saturated heterocycles. The molecule has 3 aromatic rings. The van der Waals surface area contributed by atoms with Crippen LogP contribution in [0.4, 0.5) is 0 Å². The molecule has 0 spiro atoms. The number of nitrogens with zero attached hydrogens (tertiary/aromatic N) is 3. The number of methoxy groups -OCH3 is 1. The van der Waals surface area contributed by atoms with Gasteiger partial charge in [0.05, 0.1) is 24.7 Å². The van der Waals surface area contributed by atoms with Crippen molar-refractivity contribution in [2.24, 2.45) is 0 Å². The van der Waals surface area contributed by atoms with Crippen molar-refractivity contribution in [3.05, 3.63) is 46.8 Å². The number of imidazole rings is 1. The van der Waals surface area contributed by atoms with Crippen molar-refractivity contribution in [3.8, 4) is 17.1 Å². The minimum atomic E-state index is 0.228. The van der Waals surface area contributed by atoms with E-state index in [-0.39, 0.29) is 5.41 Å². The first-order valence-electron chi connectivity index (χ1n) is 7.29. The van der Waals surface area contributed by atoms with Gasteiger partial charge in [0.1, 0.15) is 16.0 Å². The normalized spacial score (nSPS) is 16.0. The van der Waals surface area contributed by atoms with E-state index in [1.807, 2.05) is 30.5 Å². The summed E-state index contributed by atoms with van der Waals surface area (Å²) in [5.74, 6) is 0.923. The summed E-state index contributed by atoms with van der Waals surface area (Å²) in [7, 11) is 1.72. The number of ether oxygens (including phenoxy) is 1. The van der Waals surface area contributed by atoms with Gasteiger partial charge >= 0.3 is 0 Å². The van der Waals surface area contributed by atoms with Crippen LogP contribution in [-0.2, 0) is 5.41 Å². The third-order valence-corrected chi connectivity index (χ3v) is 4.90. The molecule has 0 N–H and O–H groups in total. The molecule has 0 bridgehead atoms. The second kappa shape index (κ2) is 4.81. The van der Waals surface area contributed by atoms with Gasteiger partial charge in [-0.15, -0.1) is 0 Å². The zero-order valence-corrected chi connectivity index (χ0v) is 14.1. The SMILES string of the molecule is COc1cc2ncc(-c3cccc(Br)n3)n2cc1C1(C)CC1. The van der Waals surface area contributed by atoms with E-state index < -0.39 is 0 Å². The number of pyridine rings is 2. The zero-order valence-electron chi connectivity index (χ0n) is 12.5. The van der Waals surface area contributed by atoms with Crippen LogP contribution in [0.3, 0.4) is 0 Å². The van der Waals surface area contributed by atoms with Crippen LogP contribution in [0.5, 0.6) is 5.75 Å². The van der Waals surface area contributed by atoms with Gasteiger partial charge in [-0.25, -0.2) is 9.97 Å². The third-order valence-electron chi connectivity index (χ3n) is 4.46. The molecule has 0 atom stereocenters. The Bertz CT molecular complexity index is 867. The van der Waals surface area contributed by atoms with E-state index in [1.54, 1.807) is 7.11 Å². The molecule has 1 saturated carbocycles. The highest BCUT2D eigenvalue weighted by molar-refractivity contribution is 9.10. The molecule has 1 aliphatic carbocycles. The highest BCUT2D eigenvalue weighted by Gasteiger charge is 2.41. The van der Waals surface area contributed by atoms with Crippen LogP contribution in [-0.4, -0.2) is 21.5 Å².